The van der Waals surface area contributed by atoms with E-state index in [0.29, 0.717) is 12.2 Å². The number of carbonyl (C=O) groups excluding carboxylic acids is 2. The fraction of sp³-hybridized carbons (Fsp3) is 0.500. The minimum absolute atomic E-state index is 0.00628. The lowest BCUT2D eigenvalue weighted by Gasteiger charge is -2.16. The Morgan fingerprint density at radius 2 is 2.10 bits per heavy atom. The second kappa shape index (κ2) is 7.11. The lowest BCUT2D eigenvalue weighted by Crippen LogP contribution is -2.35. The summed E-state index contributed by atoms with van der Waals surface area (Å²) in [5.74, 6) is 0.671. The van der Waals surface area contributed by atoms with Crippen LogP contribution >= 0.6 is 0 Å². The maximum atomic E-state index is 11.6. The number of benzene rings is 1. The molecule has 1 aliphatic heterocycles. The lowest BCUT2D eigenvalue weighted by atomic mass is 10.2. The fourth-order valence-corrected chi connectivity index (χ4v) is 2.21. The smallest absolute Gasteiger partial charge is 0.258 e. The van der Waals surface area contributed by atoms with Crippen molar-refractivity contribution in [1.82, 2.24) is 5.32 Å². The van der Waals surface area contributed by atoms with Crippen LogP contribution in [0.3, 0.4) is 0 Å². The predicted molar refractivity (Wildman–Crippen MR) is 81.4 cm³/mol. The van der Waals surface area contributed by atoms with E-state index in [-0.39, 0.29) is 24.5 Å². The summed E-state index contributed by atoms with van der Waals surface area (Å²) < 4.78 is 5.44. The van der Waals surface area contributed by atoms with Crippen LogP contribution in [0.2, 0.25) is 0 Å². The monoisotopic (exact) mass is 290 g/mol. The van der Waals surface area contributed by atoms with Crippen molar-refractivity contribution in [2.45, 2.75) is 39.2 Å². The molecule has 0 spiro atoms. The molecule has 0 bridgehead atoms. The third kappa shape index (κ3) is 4.21. The molecular formula is C16H22N2O3. The van der Waals surface area contributed by atoms with Crippen LogP contribution in [0.1, 0.15) is 33.1 Å². The maximum absolute atomic E-state index is 11.6. The Morgan fingerprint density at radius 3 is 2.67 bits per heavy atom. The van der Waals surface area contributed by atoms with Gasteiger partial charge < -0.3 is 15.0 Å². The normalized spacial score (nSPS) is 15.9. The number of hydrogen-bond acceptors (Lipinski definition) is 3. The largest absolute Gasteiger partial charge is 0.484 e. The number of nitrogens with zero attached hydrogens (tertiary/aromatic N) is 1. The third-order valence-electron chi connectivity index (χ3n) is 3.61. The molecule has 5 nitrogen and oxygen atoms in total. The number of ether oxygens (including phenoxy) is 1. The van der Waals surface area contributed by atoms with Crippen molar-refractivity contribution in [2.24, 2.45) is 0 Å². The highest BCUT2D eigenvalue weighted by Gasteiger charge is 2.21. The maximum Gasteiger partial charge on any atom is 0.258 e. The van der Waals surface area contributed by atoms with Crippen LogP contribution in [-0.4, -0.2) is 31.0 Å². The van der Waals surface area contributed by atoms with E-state index in [2.05, 4.69) is 5.32 Å². The highest BCUT2D eigenvalue weighted by Crippen LogP contribution is 2.23. The first-order valence-corrected chi connectivity index (χ1v) is 7.42. The quantitative estimate of drug-likeness (QED) is 0.873. The van der Waals surface area contributed by atoms with Gasteiger partial charge in [0.05, 0.1) is 0 Å². The molecule has 114 valence electrons. The summed E-state index contributed by atoms with van der Waals surface area (Å²) in [5, 5.41) is 2.84. The fourth-order valence-electron chi connectivity index (χ4n) is 2.21. The Balaban J connectivity index is 1.85. The summed E-state index contributed by atoms with van der Waals surface area (Å²) in [6.45, 7) is 4.76. The van der Waals surface area contributed by atoms with Crippen molar-refractivity contribution < 1.29 is 14.3 Å². The summed E-state index contributed by atoms with van der Waals surface area (Å²) in [5.41, 5.74) is 0.883. The van der Waals surface area contributed by atoms with Crippen molar-refractivity contribution >= 4 is 17.5 Å². The van der Waals surface area contributed by atoms with E-state index in [9.17, 15) is 9.59 Å². The van der Waals surface area contributed by atoms with Crippen LogP contribution in [0.5, 0.6) is 5.75 Å². The Hall–Kier alpha value is -2.04. The highest BCUT2D eigenvalue weighted by atomic mass is 16.5. The highest BCUT2D eigenvalue weighted by molar-refractivity contribution is 5.95. The van der Waals surface area contributed by atoms with Gasteiger partial charge in [-0.1, -0.05) is 6.92 Å². The Kier molecular flexibility index (Phi) is 5.20. The van der Waals surface area contributed by atoms with Gasteiger partial charge in [-0.15, -0.1) is 0 Å². The van der Waals surface area contributed by atoms with Crippen LogP contribution in [-0.2, 0) is 9.59 Å². The molecule has 2 rings (SSSR count). The average Bonchev–Trinajstić information content (AvgIpc) is 2.91. The van der Waals surface area contributed by atoms with Crippen molar-refractivity contribution in [2.75, 3.05) is 18.1 Å². The van der Waals surface area contributed by atoms with E-state index < -0.39 is 0 Å². The van der Waals surface area contributed by atoms with E-state index in [1.165, 1.54) is 0 Å². The second-order valence-electron chi connectivity index (χ2n) is 5.31. The zero-order chi connectivity index (χ0) is 15.2. The number of amides is 2. The minimum atomic E-state index is -0.122. The van der Waals surface area contributed by atoms with Gasteiger partial charge in [0.1, 0.15) is 5.75 Å². The zero-order valence-corrected chi connectivity index (χ0v) is 12.6. The van der Waals surface area contributed by atoms with E-state index >= 15 is 0 Å². The molecule has 0 unspecified atom stereocenters. The summed E-state index contributed by atoms with van der Waals surface area (Å²) in [4.78, 5) is 25.0. The molecule has 21 heavy (non-hydrogen) atoms. The van der Waals surface area contributed by atoms with Gasteiger partial charge in [-0.05, 0) is 44.0 Å². The molecule has 1 atom stereocenters. The molecule has 1 aromatic carbocycles. The first-order valence-electron chi connectivity index (χ1n) is 7.42. The molecular weight excluding hydrogens is 268 g/mol. The summed E-state index contributed by atoms with van der Waals surface area (Å²) in [6.07, 6.45) is 2.42. The van der Waals surface area contributed by atoms with Crippen molar-refractivity contribution in [3.8, 4) is 5.75 Å². The number of nitrogens with one attached hydrogen (secondary N) is 1. The van der Waals surface area contributed by atoms with Crippen LogP contribution in [0.15, 0.2) is 24.3 Å². The van der Waals surface area contributed by atoms with Crippen LogP contribution < -0.4 is 15.0 Å². The van der Waals surface area contributed by atoms with Gasteiger partial charge in [-0.3, -0.25) is 9.59 Å². The van der Waals surface area contributed by atoms with Gasteiger partial charge in [0.2, 0.25) is 5.91 Å². The van der Waals surface area contributed by atoms with E-state index in [1.54, 1.807) is 17.0 Å². The molecule has 1 fully saturated rings. The Labute approximate surface area is 125 Å². The van der Waals surface area contributed by atoms with Crippen molar-refractivity contribution in [3.05, 3.63) is 24.3 Å². The molecule has 0 radical (unpaired) electrons. The second-order valence-corrected chi connectivity index (χ2v) is 5.31. The van der Waals surface area contributed by atoms with Crippen LogP contribution in [0, 0.1) is 0 Å². The Bertz CT molecular complexity index is 499. The van der Waals surface area contributed by atoms with Gasteiger partial charge in [-0.25, -0.2) is 0 Å². The first-order chi connectivity index (χ1) is 10.1. The lowest BCUT2D eigenvalue weighted by molar-refractivity contribution is -0.123. The number of rotatable bonds is 6. The Morgan fingerprint density at radius 1 is 1.38 bits per heavy atom. The third-order valence-corrected chi connectivity index (χ3v) is 3.61. The molecule has 1 N–H and O–H groups in total. The average molecular weight is 290 g/mol. The molecule has 1 heterocycles. The number of hydrogen-bond donors (Lipinski definition) is 1. The summed E-state index contributed by atoms with van der Waals surface area (Å²) in [7, 11) is 0. The van der Waals surface area contributed by atoms with Crippen molar-refractivity contribution in [3.63, 3.8) is 0 Å². The van der Waals surface area contributed by atoms with E-state index in [4.69, 9.17) is 4.74 Å². The molecule has 1 aromatic rings. The molecule has 5 heteroatoms. The minimum Gasteiger partial charge on any atom is -0.484 e. The van der Waals surface area contributed by atoms with Crippen LogP contribution in [0.25, 0.3) is 0 Å². The summed E-state index contributed by atoms with van der Waals surface area (Å²) >= 11 is 0. The van der Waals surface area contributed by atoms with Gasteiger partial charge in [0.15, 0.2) is 6.61 Å². The molecule has 0 aliphatic carbocycles. The van der Waals surface area contributed by atoms with Gasteiger partial charge in [0.25, 0.3) is 5.91 Å². The molecule has 0 saturated carbocycles. The number of carbonyl (C=O) groups is 2. The molecule has 2 amide bonds. The standard InChI is InChI=1S/C16H22N2O3/c1-3-12(2)17-15(19)11-21-14-8-6-13(7-9-14)18-10-4-5-16(18)20/h6-9,12H,3-5,10-11H2,1-2H3,(H,17,19)/t12-/m1/s1. The zero-order valence-electron chi connectivity index (χ0n) is 12.6. The molecule has 1 aliphatic rings. The predicted octanol–water partition coefficient (Wildman–Crippen LogP) is 2.11. The summed E-state index contributed by atoms with van der Waals surface area (Å²) in [6, 6.07) is 7.44. The SMILES string of the molecule is CC[C@@H](C)NC(=O)COc1ccc(N2CCCC2=O)cc1. The van der Waals surface area contributed by atoms with Gasteiger partial charge in [-0.2, -0.15) is 0 Å². The van der Waals surface area contributed by atoms with E-state index in [0.717, 1.165) is 25.1 Å². The molecule has 0 aromatic heterocycles. The first kappa shape index (κ1) is 15.4. The van der Waals surface area contributed by atoms with Crippen molar-refractivity contribution in [1.29, 1.82) is 0 Å². The van der Waals surface area contributed by atoms with E-state index in [1.807, 2.05) is 26.0 Å². The molecule has 1 saturated heterocycles. The van der Waals surface area contributed by atoms with Gasteiger partial charge >= 0.3 is 0 Å². The van der Waals surface area contributed by atoms with Crippen LogP contribution in [0.4, 0.5) is 5.69 Å². The number of anilines is 1. The van der Waals surface area contributed by atoms with Gasteiger partial charge in [0, 0.05) is 24.7 Å². The topological polar surface area (TPSA) is 58.6 Å².